The molecule has 0 amide bonds. The molecule has 3 heterocycles. The lowest BCUT2D eigenvalue weighted by Gasteiger charge is -2.19. The van der Waals surface area contributed by atoms with Gasteiger partial charge >= 0.3 is 5.97 Å². The largest absolute Gasteiger partial charge is 0.460 e. The molecule has 0 spiro atoms. The second-order valence-electron chi connectivity index (χ2n) is 7.14. The number of aromatic nitrogens is 4. The van der Waals surface area contributed by atoms with E-state index in [1.54, 1.807) is 24.8 Å². The van der Waals surface area contributed by atoms with Gasteiger partial charge in [-0.3, -0.25) is 14.8 Å². The molecule has 3 aromatic rings. The van der Waals surface area contributed by atoms with Gasteiger partial charge in [-0.05, 0) is 45.4 Å². The Labute approximate surface area is 158 Å². The monoisotopic (exact) mass is 365 g/mol. The Morgan fingerprint density at radius 3 is 2.56 bits per heavy atom. The predicted octanol–water partition coefficient (Wildman–Crippen LogP) is 3.62. The minimum Gasteiger partial charge on any atom is -0.460 e. The van der Waals surface area contributed by atoms with Crippen LogP contribution in [0.4, 0.5) is 5.82 Å². The Bertz CT molecular complexity index is 923. The van der Waals surface area contributed by atoms with E-state index in [0.717, 1.165) is 22.3 Å². The third kappa shape index (κ3) is 5.20. The standard InChI is InChI=1S/C20H23N5O2/c1-20(2,3)27-17(26)5-4-9-23-19-15-8-12-22-13-16(15)24-18(25-19)14-6-10-21-11-7-14/h6-8,10-13H,4-5,9H2,1-3H3,(H,23,24,25). The summed E-state index contributed by atoms with van der Waals surface area (Å²) in [6.45, 7) is 6.20. The Morgan fingerprint density at radius 1 is 1.07 bits per heavy atom. The van der Waals surface area contributed by atoms with Crippen LogP contribution in [-0.2, 0) is 9.53 Å². The zero-order valence-corrected chi connectivity index (χ0v) is 15.8. The lowest BCUT2D eigenvalue weighted by molar-refractivity contribution is -0.154. The Kier molecular flexibility index (Phi) is 5.59. The second kappa shape index (κ2) is 8.07. The van der Waals surface area contributed by atoms with Crippen LogP contribution in [0.2, 0.25) is 0 Å². The van der Waals surface area contributed by atoms with E-state index < -0.39 is 5.60 Å². The van der Waals surface area contributed by atoms with E-state index >= 15 is 0 Å². The molecule has 0 saturated carbocycles. The summed E-state index contributed by atoms with van der Waals surface area (Å²) in [5.74, 6) is 1.13. The van der Waals surface area contributed by atoms with E-state index in [-0.39, 0.29) is 5.97 Å². The van der Waals surface area contributed by atoms with Gasteiger partial charge in [0.25, 0.3) is 0 Å². The van der Waals surface area contributed by atoms with Crippen LogP contribution in [0.25, 0.3) is 22.3 Å². The minimum absolute atomic E-state index is 0.196. The number of esters is 1. The van der Waals surface area contributed by atoms with E-state index in [2.05, 4.69) is 25.3 Å². The highest BCUT2D eigenvalue weighted by Gasteiger charge is 2.16. The molecule has 0 saturated heterocycles. The molecule has 140 valence electrons. The summed E-state index contributed by atoms with van der Waals surface area (Å²) in [4.78, 5) is 29.3. The van der Waals surface area contributed by atoms with Crippen molar-refractivity contribution in [3.05, 3.63) is 43.0 Å². The van der Waals surface area contributed by atoms with Crippen LogP contribution < -0.4 is 5.32 Å². The summed E-state index contributed by atoms with van der Waals surface area (Å²) >= 11 is 0. The SMILES string of the molecule is CC(C)(C)OC(=O)CCCNc1nc(-c2ccncc2)nc2cnccc12. The van der Waals surface area contributed by atoms with Gasteiger partial charge in [0.05, 0.1) is 11.7 Å². The zero-order valence-electron chi connectivity index (χ0n) is 15.8. The molecule has 0 atom stereocenters. The first-order valence-corrected chi connectivity index (χ1v) is 8.90. The van der Waals surface area contributed by atoms with Crippen LogP contribution in [-0.4, -0.2) is 38.1 Å². The van der Waals surface area contributed by atoms with Crippen molar-refractivity contribution in [3.8, 4) is 11.4 Å². The molecule has 27 heavy (non-hydrogen) atoms. The number of anilines is 1. The van der Waals surface area contributed by atoms with Crippen LogP contribution >= 0.6 is 0 Å². The average Bonchev–Trinajstić information content (AvgIpc) is 2.64. The molecular formula is C20H23N5O2. The van der Waals surface area contributed by atoms with Gasteiger partial charge in [0.2, 0.25) is 0 Å². The summed E-state index contributed by atoms with van der Waals surface area (Å²) in [7, 11) is 0. The molecule has 7 nitrogen and oxygen atoms in total. The van der Waals surface area contributed by atoms with Crippen LogP contribution in [0.3, 0.4) is 0 Å². The maximum atomic E-state index is 11.8. The molecule has 1 N–H and O–H groups in total. The summed E-state index contributed by atoms with van der Waals surface area (Å²) in [6.07, 6.45) is 7.85. The average molecular weight is 365 g/mol. The van der Waals surface area contributed by atoms with Gasteiger partial charge in [0, 0.05) is 42.5 Å². The smallest absolute Gasteiger partial charge is 0.306 e. The summed E-state index contributed by atoms with van der Waals surface area (Å²) in [5.41, 5.74) is 1.18. The van der Waals surface area contributed by atoms with E-state index in [0.29, 0.717) is 25.2 Å². The zero-order chi connectivity index (χ0) is 19.3. The number of hydrogen-bond acceptors (Lipinski definition) is 7. The molecule has 7 heteroatoms. The van der Waals surface area contributed by atoms with Crippen molar-refractivity contribution in [2.45, 2.75) is 39.2 Å². The van der Waals surface area contributed by atoms with Crippen molar-refractivity contribution in [3.63, 3.8) is 0 Å². The Hall–Kier alpha value is -3.09. The number of pyridine rings is 2. The van der Waals surface area contributed by atoms with E-state index in [9.17, 15) is 4.79 Å². The number of carbonyl (C=O) groups is 1. The fraction of sp³-hybridized carbons (Fsp3) is 0.350. The van der Waals surface area contributed by atoms with Gasteiger partial charge in [-0.1, -0.05) is 0 Å². The van der Waals surface area contributed by atoms with Gasteiger partial charge in [-0.25, -0.2) is 9.97 Å². The molecular weight excluding hydrogens is 342 g/mol. The van der Waals surface area contributed by atoms with E-state index in [1.165, 1.54) is 0 Å². The highest BCUT2D eigenvalue weighted by atomic mass is 16.6. The molecule has 3 aromatic heterocycles. The number of nitrogens with zero attached hydrogens (tertiary/aromatic N) is 4. The normalized spacial score (nSPS) is 11.4. The summed E-state index contributed by atoms with van der Waals surface area (Å²) < 4.78 is 5.33. The lowest BCUT2D eigenvalue weighted by atomic mass is 10.2. The topological polar surface area (TPSA) is 89.9 Å². The van der Waals surface area contributed by atoms with Crippen molar-refractivity contribution >= 4 is 22.7 Å². The fourth-order valence-corrected chi connectivity index (χ4v) is 2.58. The number of nitrogens with one attached hydrogen (secondary N) is 1. The molecule has 3 rings (SSSR count). The van der Waals surface area contributed by atoms with Gasteiger partial charge in [0.15, 0.2) is 5.82 Å². The number of ether oxygens (including phenoxy) is 1. The maximum Gasteiger partial charge on any atom is 0.306 e. The molecule has 0 bridgehead atoms. The van der Waals surface area contributed by atoms with Crippen molar-refractivity contribution in [1.29, 1.82) is 0 Å². The summed E-state index contributed by atoms with van der Waals surface area (Å²) in [5, 5.41) is 4.20. The van der Waals surface area contributed by atoms with Crippen molar-refractivity contribution < 1.29 is 9.53 Å². The van der Waals surface area contributed by atoms with Gasteiger partial charge < -0.3 is 10.1 Å². The Balaban J connectivity index is 1.73. The first-order chi connectivity index (χ1) is 12.9. The molecule has 0 unspecified atom stereocenters. The highest BCUT2D eigenvalue weighted by molar-refractivity contribution is 5.89. The third-order valence-electron chi connectivity index (χ3n) is 3.71. The predicted molar refractivity (Wildman–Crippen MR) is 104 cm³/mol. The molecule has 0 fully saturated rings. The number of carbonyl (C=O) groups excluding carboxylic acids is 1. The number of hydrogen-bond donors (Lipinski definition) is 1. The van der Waals surface area contributed by atoms with Crippen LogP contribution in [0, 0.1) is 0 Å². The maximum absolute atomic E-state index is 11.8. The molecule has 0 aliphatic heterocycles. The van der Waals surface area contributed by atoms with Crippen LogP contribution in [0.15, 0.2) is 43.0 Å². The lowest BCUT2D eigenvalue weighted by Crippen LogP contribution is -2.24. The quantitative estimate of drug-likeness (QED) is 0.527. The summed E-state index contributed by atoms with van der Waals surface area (Å²) in [6, 6.07) is 5.61. The van der Waals surface area contributed by atoms with Gasteiger partial charge in [0.1, 0.15) is 11.4 Å². The van der Waals surface area contributed by atoms with Gasteiger partial charge in [-0.15, -0.1) is 0 Å². The highest BCUT2D eigenvalue weighted by Crippen LogP contribution is 2.24. The minimum atomic E-state index is -0.459. The molecule has 0 aliphatic rings. The van der Waals surface area contributed by atoms with Crippen molar-refractivity contribution in [1.82, 2.24) is 19.9 Å². The fourth-order valence-electron chi connectivity index (χ4n) is 2.58. The third-order valence-corrected chi connectivity index (χ3v) is 3.71. The number of rotatable bonds is 6. The van der Waals surface area contributed by atoms with Crippen molar-refractivity contribution in [2.75, 3.05) is 11.9 Å². The first-order valence-electron chi connectivity index (χ1n) is 8.90. The molecule has 0 radical (unpaired) electrons. The van der Waals surface area contributed by atoms with E-state index in [4.69, 9.17) is 4.74 Å². The van der Waals surface area contributed by atoms with Crippen LogP contribution in [0.5, 0.6) is 0 Å². The first kappa shape index (κ1) is 18.7. The second-order valence-corrected chi connectivity index (χ2v) is 7.14. The van der Waals surface area contributed by atoms with Crippen molar-refractivity contribution in [2.24, 2.45) is 0 Å². The van der Waals surface area contributed by atoms with Crippen LogP contribution in [0.1, 0.15) is 33.6 Å². The van der Waals surface area contributed by atoms with E-state index in [1.807, 2.05) is 39.0 Å². The molecule has 0 aliphatic carbocycles. The van der Waals surface area contributed by atoms with Gasteiger partial charge in [-0.2, -0.15) is 0 Å². The molecule has 0 aromatic carbocycles. The number of fused-ring (bicyclic) bond motifs is 1. The Morgan fingerprint density at radius 2 is 1.81 bits per heavy atom.